The third-order valence-corrected chi connectivity index (χ3v) is 6.46. The Morgan fingerprint density at radius 3 is 2.91 bits per heavy atom. The van der Waals surface area contributed by atoms with Gasteiger partial charge < -0.3 is 14.3 Å². The maximum Gasteiger partial charge on any atom is 0.281 e. The lowest BCUT2D eigenvalue weighted by atomic mass is 9.97. The number of nitrogens with zero attached hydrogens (tertiary/aromatic N) is 4. The molecule has 2 N–H and O–H groups in total. The molecule has 0 saturated carbocycles. The van der Waals surface area contributed by atoms with Crippen molar-refractivity contribution in [1.82, 2.24) is 30.0 Å². The lowest BCUT2D eigenvalue weighted by Gasteiger charge is -2.18. The van der Waals surface area contributed by atoms with E-state index in [1.807, 2.05) is 30.7 Å². The highest BCUT2D eigenvalue weighted by Gasteiger charge is 2.26. The molecule has 1 aliphatic heterocycles. The average Bonchev–Trinajstić information content (AvgIpc) is 3.53. The van der Waals surface area contributed by atoms with Crippen LogP contribution in [0, 0.1) is 6.92 Å². The molecule has 0 spiro atoms. The van der Waals surface area contributed by atoms with Gasteiger partial charge in [0.05, 0.1) is 17.8 Å². The number of rotatable bonds is 3. The summed E-state index contributed by atoms with van der Waals surface area (Å²) in [6.07, 6.45) is 5.65. The summed E-state index contributed by atoms with van der Waals surface area (Å²) in [7, 11) is 0. The summed E-state index contributed by atoms with van der Waals surface area (Å²) in [6.45, 7) is 7.05. The molecule has 1 saturated heterocycles. The minimum absolute atomic E-state index is 0.0254. The van der Waals surface area contributed by atoms with Gasteiger partial charge >= 0.3 is 0 Å². The molecule has 4 aromatic heterocycles. The van der Waals surface area contributed by atoms with E-state index in [9.17, 15) is 4.79 Å². The number of hydrogen-bond donors (Lipinski definition) is 2. The summed E-state index contributed by atoms with van der Waals surface area (Å²) in [4.78, 5) is 22.7. The van der Waals surface area contributed by atoms with Crippen molar-refractivity contribution in [2.45, 2.75) is 45.7 Å². The number of aromatic amines is 1. The Hall–Kier alpha value is -3.52. The van der Waals surface area contributed by atoms with Gasteiger partial charge in [0.25, 0.3) is 5.56 Å². The number of hydrogen-bond acceptors (Lipinski definition) is 6. The molecule has 0 bridgehead atoms. The Kier molecular flexibility index (Phi) is 4.19. The van der Waals surface area contributed by atoms with Gasteiger partial charge in [-0.15, -0.1) is 0 Å². The maximum absolute atomic E-state index is 13.5. The first kappa shape index (κ1) is 19.2. The standard InChI is InChI=1S/C24H24N6O2/c1-12(2)30-20-13(3)16(14-9-15-11-27-29-22(15)26-10-14)6-7-17(20)21-19(24(30)31)28-23(32-21)18-5-4-8-25-18/h6-7,9-12,18,25H,4-5,8H2,1-3H3,(H,26,27,29)/t18-/m0/s1. The zero-order valence-electron chi connectivity index (χ0n) is 18.3. The molecule has 1 aliphatic rings. The SMILES string of the molecule is Cc1c(-c2cnc3[nH]ncc3c2)ccc2c3oc([C@@H]4CCCN4)nc3c(=O)n(C(C)C)c12. The molecule has 8 nitrogen and oxygen atoms in total. The lowest BCUT2D eigenvalue weighted by Crippen LogP contribution is -2.23. The van der Waals surface area contributed by atoms with Gasteiger partial charge in [-0.1, -0.05) is 6.07 Å². The van der Waals surface area contributed by atoms with Crippen LogP contribution in [0.3, 0.4) is 0 Å². The molecule has 162 valence electrons. The quantitative estimate of drug-likeness (QED) is 0.442. The predicted molar refractivity (Wildman–Crippen MR) is 124 cm³/mol. The van der Waals surface area contributed by atoms with Gasteiger partial charge in [0.1, 0.15) is 0 Å². The minimum Gasteiger partial charge on any atom is -0.438 e. The van der Waals surface area contributed by atoms with Crippen molar-refractivity contribution in [3.05, 3.63) is 52.4 Å². The van der Waals surface area contributed by atoms with Gasteiger partial charge in [0.15, 0.2) is 16.7 Å². The highest BCUT2D eigenvalue weighted by Crippen LogP contribution is 2.35. The van der Waals surface area contributed by atoms with Crippen molar-refractivity contribution < 1.29 is 4.42 Å². The summed E-state index contributed by atoms with van der Waals surface area (Å²) < 4.78 is 8.06. The normalized spacial score (nSPS) is 16.8. The Morgan fingerprint density at radius 2 is 2.12 bits per heavy atom. The fourth-order valence-corrected chi connectivity index (χ4v) is 4.91. The molecule has 5 aromatic rings. The predicted octanol–water partition coefficient (Wildman–Crippen LogP) is 4.39. The van der Waals surface area contributed by atoms with Gasteiger partial charge in [-0.3, -0.25) is 9.89 Å². The Bertz CT molecular complexity index is 1550. The molecule has 0 amide bonds. The Balaban J connectivity index is 1.65. The van der Waals surface area contributed by atoms with E-state index >= 15 is 0 Å². The van der Waals surface area contributed by atoms with E-state index in [0.29, 0.717) is 17.0 Å². The topological polar surface area (TPSA) is 102 Å². The van der Waals surface area contributed by atoms with E-state index in [1.165, 1.54) is 0 Å². The molecule has 0 aliphatic carbocycles. The molecule has 8 heteroatoms. The van der Waals surface area contributed by atoms with Crippen LogP contribution in [0.1, 0.15) is 50.2 Å². The molecular weight excluding hydrogens is 404 g/mol. The zero-order chi connectivity index (χ0) is 22.0. The summed E-state index contributed by atoms with van der Waals surface area (Å²) in [6, 6.07) is 6.22. The second-order valence-electron chi connectivity index (χ2n) is 8.81. The van der Waals surface area contributed by atoms with E-state index in [0.717, 1.165) is 58.0 Å². The second kappa shape index (κ2) is 7.00. The van der Waals surface area contributed by atoms with Gasteiger partial charge in [0.2, 0.25) is 5.89 Å². The van der Waals surface area contributed by atoms with Crippen LogP contribution in [0.25, 0.3) is 44.2 Å². The number of oxazole rings is 1. The number of aromatic nitrogens is 5. The number of benzene rings is 1. The number of pyridine rings is 2. The monoisotopic (exact) mass is 428 g/mol. The smallest absolute Gasteiger partial charge is 0.281 e. The van der Waals surface area contributed by atoms with Crippen LogP contribution >= 0.6 is 0 Å². The largest absolute Gasteiger partial charge is 0.438 e. The molecule has 5 heterocycles. The number of H-pyrrole nitrogens is 1. The van der Waals surface area contributed by atoms with Crippen LogP contribution in [0.15, 0.2) is 39.8 Å². The van der Waals surface area contributed by atoms with Crippen molar-refractivity contribution in [3.8, 4) is 11.1 Å². The molecule has 6 rings (SSSR count). The molecule has 32 heavy (non-hydrogen) atoms. The number of fused-ring (bicyclic) bond motifs is 4. The van der Waals surface area contributed by atoms with Crippen LogP contribution in [-0.4, -0.2) is 31.3 Å². The van der Waals surface area contributed by atoms with E-state index in [-0.39, 0.29) is 17.6 Å². The third-order valence-electron chi connectivity index (χ3n) is 6.46. The van der Waals surface area contributed by atoms with Crippen molar-refractivity contribution in [1.29, 1.82) is 0 Å². The van der Waals surface area contributed by atoms with Crippen molar-refractivity contribution >= 4 is 33.0 Å². The zero-order valence-corrected chi connectivity index (χ0v) is 18.3. The molecule has 1 aromatic carbocycles. The minimum atomic E-state index is -0.112. The van der Waals surface area contributed by atoms with E-state index in [1.54, 1.807) is 6.20 Å². The van der Waals surface area contributed by atoms with E-state index in [2.05, 4.69) is 44.5 Å². The lowest BCUT2D eigenvalue weighted by molar-refractivity contribution is 0.453. The van der Waals surface area contributed by atoms with Crippen LogP contribution in [0.5, 0.6) is 0 Å². The van der Waals surface area contributed by atoms with Crippen LogP contribution in [-0.2, 0) is 0 Å². The number of nitrogens with one attached hydrogen (secondary N) is 2. The first-order valence-electron chi connectivity index (χ1n) is 11.0. The van der Waals surface area contributed by atoms with Gasteiger partial charge in [0, 0.05) is 28.6 Å². The molecule has 0 radical (unpaired) electrons. The third kappa shape index (κ3) is 2.72. The first-order chi connectivity index (χ1) is 15.5. The first-order valence-corrected chi connectivity index (χ1v) is 11.0. The van der Waals surface area contributed by atoms with Crippen LogP contribution in [0.2, 0.25) is 0 Å². The fourth-order valence-electron chi connectivity index (χ4n) is 4.91. The highest BCUT2D eigenvalue weighted by molar-refractivity contribution is 6.04. The summed E-state index contributed by atoms with van der Waals surface area (Å²) in [5, 5.41) is 12.2. The summed E-state index contributed by atoms with van der Waals surface area (Å²) >= 11 is 0. The van der Waals surface area contributed by atoms with Crippen LogP contribution < -0.4 is 10.9 Å². The van der Waals surface area contributed by atoms with Crippen molar-refractivity contribution in [3.63, 3.8) is 0 Å². The molecular formula is C24H24N6O2. The molecule has 1 atom stereocenters. The number of aryl methyl sites for hydroxylation is 1. The second-order valence-corrected chi connectivity index (χ2v) is 8.81. The summed E-state index contributed by atoms with van der Waals surface area (Å²) in [5.74, 6) is 0.605. The van der Waals surface area contributed by atoms with Gasteiger partial charge in [-0.05, 0) is 63.4 Å². The highest BCUT2D eigenvalue weighted by atomic mass is 16.4. The Morgan fingerprint density at radius 1 is 1.25 bits per heavy atom. The van der Waals surface area contributed by atoms with Crippen LogP contribution in [0.4, 0.5) is 0 Å². The van der Waals surface area contributed by atoms with E-state index in [4.69, 9.17) is 4.42 Å². The molecule has 0 unspecified atom stereocenters. The van der Waals surface area contributed by atoms with Crippen molar-refractivity contribution in [2.75, 3.05) is 6.54 Å². The van der Waals surface area contributed by atoms with Gasteiger partial charge in [-0.25, -0.2) is 9.97 Å². The van der Waals surface area contributed by atoms with Crippen molar-refractivity contribution in [2.24, 2.45) is 0 Å². The average molecular weight is 428 g/mol. The maximum atomic E-state index is 13.5. The summed E-state index contributed by atoms with van der Waals surface area (Å²) in [5.41, 5.74) is 5.52. The van der Waals surface area contributed by atoms with E-state index < -0.39 is 0 Å². The van der Waals surface area contributed by atoms with Gasteiger partial charge in [-0.2, -0.15) is 5.10 Å². The molecule has 1 fully saturated rings. The Labute approximate surface area is 183 Å². The fraction of sp³-hybridized carbons (Fsp3) is 0.333.